The number of hydrogen-bond donors (Lipinski definition) is 1. The molecule has 14 heavy (non-hydrogen) atoms. The Kier molecular flexibility index (Phi) is 2.77. The molecular formula is C9H17N5. The van der Waals surface area contributed by atoms with Crippen molar-refractivity contribution in [3.05, 3.63) is 5.82 Å². The largest absolute Gasteiger partial charge is 0.309 e. The van der Waals surface area contributed by atoms with Crippen molar-refractivity contribution in [2.45, 2.75) is 26.3 Å². The van der Waals surface area contributed by atoms with Crippen LogP contribution in [0.15, 0.2) is 0 Å². The van der Waals surface area contributed by atoms with Crippen LogP contribution >= 0.6 is 0 Å². The summed E-state index contributed by atoms with van der Waals surface area (Å²) in [4.78, 5) is 1.49. The molecule has 0 amide bonds. The van der Waals surface area contributed by atoms with Gasteiger partial charge < -0.3 is 5.32 Å². The van der Waals surface area contributed by atoms with Gasteiger partial charge in [-0.25, -0.2) is 0 Å². The zero-order valence-electron chi connectivity index (χ0n) is 8.77. The quantitative estimate of drug-likeness (QED) is 0.736. The van der Waals surface area contributed by atoms with Gasteiger partial charge >= 0.3 is 0 Å². The molecule has 0 spiro atoms. The maximum atomic E-state index is 4.10. The lowest BCUT2D eigenvalue weighted by Gasteiger charge is -2.09. The minimum Gasteiger partial charge on any atom is -0.309 e. The Morgan fingerprint density at radius 1 is 1.57 bits per heavy atom. The minimum atomic E-state index is 0.727. The van der Waals surface area contributed by atoms with E-state index in [0.29, 0.717) is 0 Å². The molecule has 0 bridgehead atoms. The van der Waals surface area contributed by atoms with Crippen LogP contribution < -0.4 is 5.32 Å². The third kappa shape index (κ3) is 2.51. The first-order valence-electron chi connectivity index (χ1n) is 5.19. The van der Waals surface area contributed by atoms with E-state index in [1.165, 1.54) is 17.6 Å². The van der Waals surface area contributed by atoms with Gasteiger partial charge in [-0.1, -0.05) is 6.92 Å². The molecular weight excluding hydrogens is 178 g/mol. The molecule has 1 saturated carbocycles. The molecule has 1 heterocycles. The summed E-state index contributed by atoms with van der Waals surface area (Å²) in [5.74, 6) is 2.51. The van der Waals surface area contributed by atoms with Gasteiger partial charge in [-0.3, -0.25) is 0 Å². The first-order valence-corrected chi connectivity index (χ1v) is 5.19. The van der Waals surface area contributed by atoms with Gasteiger partial charge in [0.15, 0.2) is 5.82 Å². The van der Waals surface area contributed by atoms with Crippen LogP contribution in [0, 0.1) is 11.8 Å². The van der Waals surface area contributed by atoms with Crippen LogP contribution in [0.25, 0.3) is 0 Å². The van der Waals surface area contributed by atoms with Crippen molar-refractivity contribution >= 4 is 0 Å². The molecule has 2 rings (SSSR count). The normalized spacial score (nSPS) is 18.4. The van der Waals surface area contributed by atoms with E-state index in [9.17, 15) is 0 Å². The number of hydrogen-bond acceptors (Lipinski definition) is 4. The molecule has 0 aromatic carbocycles. The number of nitrogens with zero attached hydrogens (tertiary/aromatic N) is 4. The van der Waals surface area contributed by atoms with Crippen LogP contribution in [0.1, 0.15) is 25.6 Å². The Labute approximate surface area is 83.9 Å². The van der Waals surface area contributed by atoms with Gasteiger partial charge in [0.05, 0.1) is 13.6 Å². The maximum absolute atomic E-state index is 4.10. The SMILES string of the molecule is CC(CNCc1nnn(C)n1)C1CC1. The Balaban J connectivity index is 1.67. The Morgan fingerprint density at radius 3 is 2.93 bits per heavy atom. The molecule has 1 unspecified atom stereocenters. The molecule has 1 aliphatic carbocycles. The number of rotatable bonds is 5. The van der Waals surface area contributed by atoms with E-state index in [2.05, 4.69) is 27.7 Å². The summed E-state index contributed by atoms with van der Waals surface area (Å²) >= 11 is 0. The monoisotopic (exact) mass is 195 g/mol. The summed E-state index contributed by atoms with van der Waals surface area (Å²) in [6.07, 6.45) is 2.82. The fourth-order valence-electron chi connectivity index (χ4n) is 1.64. The summed E-state index contributed by atoms with van der Waals surface area (Å²) < 4.78 is 0. The standard InChI is InChI=1S/C9H17N5/c1-7(8-3-4-8)5-10-6-9-11-13-14(2)12-9/h7-8,10H,3-6H2,1-2H3. The smallest absolute Gasteiger partial charge is 0.188 e. The Bertz CT molecular complexity index is 291. The maximum Gasteiger partial charge on any atom is 0.188 e. The number of nitrogens with one attached hydrogen (secondary N) is 1. The number of aryl methyl sites for hydroxylation is 1. The summed E-state index contributed by atoms with van der Waals surface area (Å²) in [6, 6.07) is 0. The lowest BCUT2D eigenvalue weighted by molar-refractivity contribution is 0.457. The Hall–Kier alpha value is -0.970. The van der Waals surface area contributed by atoms with E-state index < -0.39 is 0 Å². The topological polar surface area (TPSA) is 55.6 Å². The first-order chi connectivity index (χ1) is 6.75. The van der Waals surface area contributed by atoms with Gasteiger partial charge in [0.2, 0.25) is 0 Å². The summed E-state index contributed by atoms with van der Waals surface area (Å²) in [5.41, 5.74) is 0. The molecule has 1 N–H and O–H groups in total. The van der Waals surface area contributed by atoms with Crippen LogP contribution in [-0.4, -0.2) is 26.8 Å². The molecule has 1 fully saturated rings. The molecule has 5 heteroatoms. The predicted molar refractivity (Wildman–Crippen MR) is 52.4 cm³/mol. The second-order valence-corrected chi connectivity index (χ2v) is 4.14. The predicted octanol–water partition coefficient (Wildman–Crippen LogP) is 0.346. The van der Waals surface area contributed by atoms with E-state index >= 15 is 0 Å². The van der Waals surface area contributed by atoms with Gasteiger partial charge in [-0.15, -0.1) is 10.2 Å². The molecule has 1 aromatic heterocycles. The first kappa shape index (κ1) is 9.58. The third-order valence-corrected chi connectivity index (χ3v) is 2.73. The van der Waals surface area contributed by atoms with Crippen LogP contribution in [0.5, 0.6) is 0 Å². The second-order valence-electron chi connectivity index (χ2n) is 4.14. The molecule has 78 valence electrons. The van der Waals surface area contributed by atoms with Crippen molar-refractivity contribution in [1.29, 1.82) is 0 Å². The van der Waals surface area contributed by atoms with Gasteiger partial charge in [-0.2, -0.15) is 4.80 Å². The molecule has 1 aromatic rings. The highest BCUT2D eigenvalue weighted by atomic mass is 15.6. The molecule has 0 aliphatic heterocycles. The van der Waals surface area contributed by atoms with Gasteiger partial charge in [0, 0.05) is 0 Å². The molecule has 5 nitrogen and oxygen atoms in total. The average molecular weight is 195 g/mol. The second kappa shape index (κ2) is 4.04. The van der Waals surface area contributed by atoms with Gasteiger partial charge in [0.25, 0.3) is 0 Å². The van der Waals surface area contributed by atoms with Crippen LogP contribution in [0.2, 0.25) is 0 Å². The molecule has 1 atom stereocenters. The lowest BCUT2D eigenvalue weighted by atomic mass is 10.1. The fraction of sp³-hybridized carbons (Fsp3) is 0.889. The van der Waals surface area contributed by atoms with Crippen LogP contribution in [0.3, 0.4) is 0 Å². The Morgan fingerprint density at radius 2 is 2.36 bits per heavy atom. The zero-order chi connectivity index (χ0) is 9.97. The summed E-state index contributed by atoms with van der Waals surface area (Å²) in [7, 11) is 1.78. The fourth-order valence-corrected chi connectivity index (χ4v) is 1.64. The molecule has 1 aliphatic rings. The van der Waals surface area contributed by atoms with Gasteiger partial charge in [0.1, 0.15) is 0 Å². The highest BCUT2D eigenvalue weighted by Crippen LogP contribution is 2.35. The van der Waals surface area contributed by atoms with Crippen molar-refractivity contribution in [3.63, 3.8) is 0 Å². The summed E-state index contributed by atoms with van der Waals surface area (Å²) in [5, 5.41) is 15.1. The highest BCUT2D eigenvalue weighted by molar-refractivity contribution is 4.81. The van der Waals surface area contributed by atoms with Crippen molar-refractivity contribution < 1.29 is 0 Å². The van der Waals surface area contributed by atoms with Crippen molar-refractivity contribution in [3.8, 4) is 0 Å². The number of tetrazole rings is 1. The minimum absolute atomic E-state index is 0.727. The van der Waals surface area contributed by atoms with E-state index in [4.69, 9.17) is 0 Å². The van der Waals surface area contributed by atoms with E-state index in [1.54, 1.807) is 7.05 Å². The zero-order valence-corrected chi connectivity index (χ0v) is 8.77. The van der Waals surface area contributed by atoms with Crippen molar-refractivity contribution in [2.75, 3.05) is 6.54 Å². The summed E-state index contributed by atoms with van der Waals surface area (Å²) in [6.45, 7) is 4.09. The third-order valence-electron chi connectivity index (χ3n) is 2.73. The van der Waals surface area contributed by atoms with Crippen molar-refractivity contribution in [2.24, 2.45) is 18.9 Å². The molecule has 0 saturated heterocycles. The lowest BCUT2D eigenvalue weighted by Crippen LogP contribution is -2.22. The molecule has 0 radical (unpaired) electrons. The van der Waals surface area contributed by atoms with E-state index in [0.717, 1.165) is 30.7 Å². The van der Waals surface area contributed by atoms with Crippen LogP contribution in [0.4, 0.5) is 0 Å². The highest BCUT2D eigenvalue weighted by Gasteiger charge is 2.27. The van der Waals surface area contributed by atoms with Crippen molar-refractivity contribution in [1.82, 2.24) is 25.5 Å². The van der Waals surface area contributed by atoms with E-state index in [-0.39, 0.29) is 0 Å². The van der Waals surface area contributed by atoms with Crippen LogP contribution in [-0.2, 0) is 13.6 Å². The average Bonchev–Trinajstić information content (AvgIpc) is 2.92. The van der Waals surface area contributed by atoms with E-state index in [1.807, 2.05) is 0 Å². The number of aromatic nitrogens is 4. The van der Waals surface area contributed by atoms with Gasteiger partial charge in [-0.05, 0) is 36.4 Å².